The third kappa shape index (κ3) is 1.92. The Morgan fingerprint density at radius 3 is 3.24 bits per heavy atom. The Hall–Kier alpha value is -1.11. The molecule has 5 nitrogen and oxygen atoms in total. The second-order valence-corrected chi connectivity index (χ2v) is 5.36. The predicted molar refractivity (Wildman–Crippen MR) is 67.8 cm³/mol. The number of hydrogen-bond donors (Lipinski definition) is 1. The third-order valence-electron chi connectivity index (χ3n) is 3.43. The van der Waals surface area contributed by atoms with Gasteiger partial charge in [0.2, 0.25) is 0 Å². The molecule has 3 heterocycles. The highest BCUT2D eigenvalue weighted by molar-refractivity contribution is 7.12. The third-order valence-corrected chi connectivity index (χ3v) is 4.13. The Morgan fingerprint density at radius 1 is 1.47 bits per heavy atom. The van der Waals surface area contributed by atoms with Crippen LogP contribution in [0.25, 0.3) is 10.2 Å². The molecule has 0 amide bonds. The lowest BCUT2D eigenvalue weighted by Gasteiger charge is -2.35. The predicted octanol–water partition coefficient (Wildman–Crippen LogP) is 1.18. The quantitative estimate of drug-likeness (QED) is 0.822. The lowest BCUT2D eigenvalue weighted by atomic mass is 9.95. The summed E-state index contributed by atoms with van der Waals surface area (Å²) < 4.78 is 4.19. The van der Waals surface area contributed by atoms with E-state index in [0.29, 0.717) is 6.04 Å². The summed E-state index contributed by atoms with van der Waals surface area (Å²) in [5.74, 6) is 0. The summed E-state index contributed by atoms with van der Waals surface area (Å²) in [6.45, 7) is 1.02. The maximum atomic E-state index is 6.06. The van der Waals surface area contributed by atoms with Gasteiger partial charge < -0.3 is 5.73 Å². The Labute approximate surface area is 104 Å². The van der Waals surface area contributed by atoms with Crippen LogP contribution in [-0.2, 0) is 0 Å². The molecular weight excluding hydrogens is 234 g/mol. The van der Waals surface area contributed by atoms with Crippen molar-refractivity contribution in [3.63, 3.8) is 0 Å². The Bertz CT molecular complexity index is 525. The molecule has 0 spiro atoms. The fraction of sp³-hybridized carbons (Fsp3) is 0.545. The van der Waals surface area contributed by atoms with Crippen LogP contribution < -0.4 is 5.73 Å². The van der Waals surface area contributed by atoms with E-state index in [1.807, 2.05) is 6.20 Å². The second-order valence-electron chi connectivity index (χ2n) is 4.58. The van der Waals surface area contributed by atoms with Gasteiger partial charge in [0.1, 0.15) is 11.2 Å². The smallest absolute Gasteiger partial charge is 0.147 e. The van der Waals surface area contributed by atoms with Gasteiger partial charge in [0.05, 0.1) is 23.3 Å². The highest BCUT2D eigenvalue weighted by Gasteiger charge is 2.28. The van der Waals surface area contributed by atoms with Crippen molar-refractivity contribution >= 4 is 21.7 Å². The van der Waals surface area contributed by atoms with E-state index in [0.717, 1.165) is 35.3 Å². The largest absolute Gasteiger partial charge is 0.328 e. The van der Waals surface area contributed by atoms with E-state index >= 15 is 0 Å². The topological polar surface area (TPSA) is 67.9 Å². The van der Waals surface area contributed by atoms with Gasteiger partial charge in [-0.3, -0.25) is 4.90 Å². The minimum Gasteiger partial charge on any atom is -0.328 e. The molecular formula is C11H15N5S. The van der Waals surface area contributed by atoms with Crippen molar-refractivity contribution in [3.8, 4) is 0 Å². The average Bonchev–Trinajstić information content (AvgIpc) is 2.80. The summed E-state index contributed by atoms with van der Waals surface area (Å²) in [5.41, 5.74) is 7.13. The van der Waals surface area contributed by atoms with Gasteiger partial charge >= 0.3 is 0 Å². The molecule has 1 fully saturated rings. The van der Waals surface area contributed by atoms with Crippen LogP contribution in [0.2, 0.25) is 0 Å². The summed E-state index contributed by atoms with van der Waals surface area (Å²) in [4.78, 5) is 12.0. The fourth-order valence-electron chi connectivity index (χ4n) is 2.41. The minimum absolute atomic E-state index is 0.271. The van der Waals surface area contributed by atoms with Crippen molar-refractivity contribution in [2.45, 2.75) is 24.9 Å². The molecule has 2 aromatic rings. The van der Waals surface area contributed by atoms with E-state index in [9.17, 15) is 0 Å². The lowest BCUT2D eigenvalue weighted by Crippen LogP contribution is -2.40. The number of nitrogens with two attached hydrogens (primary N) is 1. The first-order valence-corrected chi connectivity index (χ1v) is 6.54. The Morgan fingerprint density at radius 2 is 2.35 bits per heavy atom. The Balaban J connectivity index is 2.04. The van der Waals surface area contributed by atoms with Crippen LogP contribution in [0.15, 0.2) is 12.5 Å². The van der Waals surface area contributed by atoms with Gasteiger partial charge in [-0.1, -0.05) is 0 Å². The summed E-state index contributed by atoms with van der Waals surface area (Å²) in [5, 5.41) is 1.07. The fourth-order valence-corrected chi connectivity index (χ4v) is 3.02. The first kappa shape index (κ1) is 11.0. The van der Waals surface area contributed by atoms with Gasteiger partial charge in [-0.05, 0) is 38.0 Å². The first-order valence-electron chi connectivity index (χ1n) is 5.77. The molecule has 0 saturated carbocycles. The number of aromatic nitrogens is 3. The van der Waals surface area contributed by atoms with Crippen molar-refractivity contribution in [3.05, 3.63) is 18.2 Å². The molecule has 0 aliphatic carbocycles. The summed E-state index contributed by atoms with van der Waals surface area (Å²) >= 11 is 1.42. The van der Waals surface area contributed by atoms with Gasteiger partial charge in [0, 0.05) is 6.04 Å². The van der Waals surface area contributed by atoms with Gasteiger partial charge in [0.15, 0.2) is 0 Å². The van der Waals surface area contributed by atoms with E-state index < -0.39 is 0 Å². The maximum absolute atomic E-state index is 6.06. The zero-order chi connectivity index (χ0) is 11.8. The number of hydrogen-bond acceptors (Lipinski definition) is 6. The van der Waals surface area contributed by atoms with Crippen molar-refractivity contribution < 1.29 is 0 Å². The average molecular weight is 249 g/mol. The molecule has 1 aliphatic rings. The van der Waals surface area contributed by atoms with E-state index in [1.54, 1.807) is 6.33 Å². The molecule has 0 bridgehead atoms. The van der Waals surface area contributed by atoms with E-state index in [-0.39, 0.29) is 6.04 Å². The van der Waals surface area contributed by atoms with E-state index in [4.69, 9.17) is 5.73 Å². The monoisotopic (exact) mass is 249 g/mol. The van der Waals surface area contributed by atoms with Crippen LogP contribution in [0.1, 0.15) is 24.6 Å². The highest BCUT2D eigenvalue weighted by atomic mass is 32.1. The molecule has 90 valence electrons. The van der Waals surface area contributed by atoms with Crippen LogP contribution in [-0.4, -0.2) is 38.9 Å². The summed E-state index contributed by atoms with van der Waals surface area (Å²) in [6, 6.07) is 0.563. The van der Waals surface area contributed by atoms with Crippen LogP contribution in [0.3, 0.4) is 0 Å². The van der Waals surface area contributed by atoms with Gasteiger partial charge in [-0.2, -0.15) is 4.37 Å². The zero-order valence-electron chi connectivity index (χ0n) is 9.71. The molecule has 2 aromatic heterocycles. The summed E-state index contributed by atoms with van der Waals surface area (Å²) in [7, 11) is 2.13. The molecule has 2 unspecified atom stereocenters. The summed E-state index contributed by atoms with van der Waals surface area (Å²) in [6.07, 6.45) is 5.51. The molecule has 0 aromatic carbocycles. The molecule has 6 heteroatoms. The molecule has 1 aliphatic heterocycles. The number of nitrogens with zero attached hydrogens (tertiary/aromatic N) is 4. The van der Waals surface area contributed by atoms with Crippen molar-refractivity contribution in [2.24, 2.45) is 5.73 Å². The van der Waals surface area contributed by atoms with Gasteiger partial charge in [-0.25, -0.2) is 9.97 Å². The van der Waals surface area contributed by atoms with Gasteiger partial charge in [0.25, 0.3) is 0 Å². The first-order chi connectivity index (χ1) is 8.25. The molecule has 3 rings (SSSR count). The van der Waals surface area contributed by atoms with E-state index in [1.165, 1.54) is 11.5 Å². The second kappa shape index (κ2) is 4.29. The van der Waals surface area contributed by atoms with Crippen molar-refractivity contribution in [1.82, 2.24) is 19.2 Å². The van der Waals surface area contributed by atoms with Crippen LogP contribution >= 0.6 is 11.5 Å². The van der Waals surface area contributed by atoms with Crippen LogP contribution in [0, 0.1) is 0 Å². The number of rotatable bonds is 1. The lowest BCUT2D eigenvalue weighted by molar-refractivity contribution is 0.169. The minimum atomic E-state index is 0.271. The molecule has 17 heavy (non-hydrogen) atoms. The maximum Gasteiger partial charge on any atom is 0.147 e. The van der Waals surface area contributed by atoms with Crippen LogP contribution in [0.4, 0.5) is 0 Å². The zero-order valence-corrected chi connectivity index (χ0v) is 10.5. The molecule has 2 N–H and O–H groups in total. The molecule has 0 radical (unpaired) electrons. The Kier molecular flexibility index (Phi) is 2.78. The molecule has 2 atom stereocenters. The number of fused-ring (bicyclic) bond motifs is 1. The number of likely N-dealkylation sites (tertiary alicyclic amines) is 1. The standard InChI is InChI=1S/C11H15N5S/c1-16-3-2-7(12)4-9(16)10-8-5-15-17-11(8)14-6-13-10/h5-7,9H,2-4,12H2,1H3. The van der Waals surface area contributed by atoms with Crippen molar-refractivity contribution in [2.75, 3.05) is 13.6 Å². The number of piperidine rings is 1. The van der Waals surface area contributed by atoms with Gasteiger partial charge in [-0.15, -0.1) is 0 Å². The normalized spacial score (nSPS) is 26.5. The molecule has 1 saturated heterocycles. The SMILES string of the molecule is CN1CCC(N)CC1c1ncnc2sncc12. The van der Waals surface area contributed by atoms with Crippen molar-refractivity contribution in [1.29, 1.82) is 0 Å². The van der Waals surface area contributed by atoms with Crippen LogP contribution in [0.5, 0.6) is 0 Å². The highest BCUT2D eigenvalue weighted by Crippen LogP contribution is 2.32. The van der Waals surface area contributed by atoms with E-state index in [2.05, 4.69) is 26.3 Å².